The Bertz CT molecular complexity index is 405. The number of carboxylic acids is 1. The van der Waals surface area contributed by atoms with Crippen molar-refractivity contribution >= 4 is 11.7 Å². The van der Waals surface area contributed by atoms with Crippen molar-refractivity contribution in [2.75, 3.05) is 0 Å². The molecule has 0 radical (unpaired) electrons. The van der Waals surface area contributed by atoms with Gasteiger partial charge in [-0.05, 0) is 24.8 Å². The van der Waals surface area contributed by atoms with Gasteiger partial charge in [-0.15, -0.1) is 0 Å². The second-order valence-electron chi connectivity index (χ2n) is 3.57. The molecule has 1 aromatic carbocycles. The summed E-state index contributed by atoms with van der Waals surface area (Å²) in [5, 5.41) is 19.7. The van der Waals surface area contributed by atoms with Crippen LogP contribution in [0.25, 0.3) is 0 Å². The number of carboxylic acid groups (broad SMARTS) is 1. The zero-order valence-electron chi connectivity index (χ0n) is 7.84. The number of nitrogens with zero attached hydrogens (tertiary/aromatic N) is 1. The van der Waals surface area contributed by atoms with E-state index in [-0.39, 0.29) is 17.2 Å². The zero-order chi connectivity index (χ0) is 11.0. The van der Waals surface area contributed by atoms with E-state index in [9.17, 15) is 14.9 Å². The molecular weight excluding hydrogens is 198 g/mol. The van der Waals surface area contributed by atoms with Gasteiger partial charge in [0, 0.05) is 11.6 Å². The molecular formula is C10H9NO4. The highest BCUT2D eigenvalue weighted by molar-refractivity contribution is 5.91. The maximum atomic E-state index is 10.9. The molecule has 2 rings (SSSR count). The minimum absolute atomic E-state index is 0.0534. The molecule has 1 saturated carbocycles. The highest BCUT2D eigenvalue weighted by atomic mass is 16.6. The van der Waals surface area contributed by atoms with Gasteiger partial charge in [0.2, 0.25) is 0 Å². The van der Waals surface area contributed by atoms with Crippen LogP contribution in [0.1, 0.15) is 34.7 Å². The first-order chi connectivity index (χ1) is 7.11. The topological polar surface area (TPSA) is 80.4 Å². The maximum Gasteiger partial charge on any atom is 0.336 e. The van der Waals surface area contributed by atoms with E-state index in [1.807, 2.05) is 0 Å². The van der Waals surface area contributed by atoms with Crippen LogP contribution >= 0.6 is 0 Å². The number of nitro benzene ring substituents is 1. The van der Waals surface area contributed by atoms with Gasteiger partial charge >= 0.3 is 5.97 Å². The van der Waals surface area contributed by atoms with Crippen LogP contribution in [0.15, 0.2) is 18.2 Å². The van der Waals surface area contributed by atoms with Gasteiger partial charge in [0.15, 0.2) is 0 Å². The van der Waals surface area contributed by atoms with Crippen molar-refractivity contribution in [3.63, 3.8) is 0 Å². The lowest BCUT2D eigenvalue weighted by molar-refractivity contribution is -0.385. The summed E-state index contributed by atoms with van der Waals surface area (Å²) < 4.78 is 0. The van der Waals surface area contributed by atoms with Crippen molar-refractivity contribution in [2.45, 2.75) is 18.8 Å². The van der Waals surface area contributed by atoms with Gasteiger partial charge in [-0.25, -0.2) is 4.79 Å². The number of hydrogen-bond donors (Lipinski definition) is 1. The quantitative estimate of drug-likeness (QED) is 0.608. The monoisotopic (exact) mass is 207 g/mol. The van der Waals surface area contributed by atoms with Crippen LogP contribution in [0.3, 0.4) is 0 Å². The molecule has 5 heteroatoms. The number of rotatable bonds is 3. The molecule has 78 valence electrons. The molecule has 0 aliphatic heterocycles. The number of carbonyl (C=O) groups is 1. The Labute approximate surface area is 85.5 Å². The highest BCUT2D eigenvalue weighted by Crippen LogP contribution is 2.45. The first-order valence-electron chi connectivity index (χ1n) is 4.62. The summed E-state index contributed by atoms with van der Waals surface area (Å²) in [5.74, 6) is -1.04. The van der Waals surface area contributed by atoms with Crippen molar-refractivity contribution in [1.29, 1.82) is 0 Å². The molecule has 5 nitrogen and oxygen atoms in total. The molecule has 15 heavy (non-hydrogen) atoms. The van der Waals surface area contributed by atoms with E-state index in [4.69, 9.17) is 5.11 Å². The molecule has 0 unspecified atom stereocenters. The van der Waals surface area contributed by atoms with E-state index in [1.165, 1.54) is 18.2 Å². The average molecular weight is 207 g/mol. The summed E-state index contributed by atoms with van der Waals surface area (Å²) in [6.45, 7) is 0. The highest BCUT2D eigenvalue weighted by Gasteiger charge is 2.34. The first kappa shape index (κ1) is 9.64. The van der Waals surface area contributed by atoms with E-state index in [2.05, 4.69) is 0 Å². The predicted molar refractivity (Wildman–Crippen MR) is 52.0 cm³/mol. The molecule has 0 amide bonds. The molecule has 0 saturated heterocycles. The SMILES string of the molecule is O=C(O)c1cccc([N+](=O)[O-])c1C1CC1. The van der Waals surface area contributed by atoms with Crippen LogP contribution in [0.5, 0.6) is 0 Å². The first-order valence-corrected chi connectivity index (χ1v) is 4.62. The molecule has 0 spiro atoms. The fourth-order valence-corrected chi connectivity index (χ4v) is 1.70. The van der Waals surface area contributed by atoms with Gasteiger partial charge in [-0.1, -0.05) is 6.07 Å². The van der Waals surface area contributed by atoms with Crippen LogP contribution in [0.2, 0.25) is 0 Å². The minimum atomic E-state index is -1.10. The summed E-state index contributed by atoms with van der Waals surface area (Å²) in [5.41, 5.74) is 0.374. The largest absolute Gasteiger partial charge is 0.478 e. The van der Waals surface area contributed by atoms with Crippen LogP contribution < -0.4 is 0 Å². The molecule has 0 atom stereocenters. The Morgan fingerprint density at radius 1 is 1.47 bits per heavy atom. The third kappa shape index (κ3) is 1.68. The number of aromatic carboxylic acids is 1. The van der Waals surface area contributed by atoms with Crippen LogP contribution in [0, 0.1) is 10.1 Å². The van der Waals surface area contributed by atoms with Crippen molar-refractivity contribution in [1.82, 2.24) is 0 Å². The standard InChI is InChI=1S/C10H9NO4/c12-10(13)7-2-1-3-8(11(14)15)9(7)6-4-5-6/h1-3,6H,4-5H2,(H,12,13). The van der Waals surface area contributed by atoms with Crippen molar-refractivity contribution < 1.29 is 14.8 Å². The van der Waals surface area contributed by atoms with Gasteiger partial charge < -0.3 is 5.11 Å². The molecule has 1 aliphatic carbocycles. The fraction of sp³-hybridized carbons (Fsp3) is 0.300. The smallest absolute Gasteiger partial charge is 0.336 e. The van der Waals surface area contributed by atoms with Crippen molar-refractivity contribution in [3.8, 4) is 0 Å². The zero-order valence-corrected chi connectivity index (χ0v) is 7.84. The van der Waals surface area contributed by atoms with E-state index < -0.39 is 10.9 Å². The molecule has 1 aliphatic rings. The normalized spacial score (nSPS) is 14.9. The van der Waals surface area contributed by atoms with E-state index in [0.717, 1.165) is 12.8 Å². The van der Waals surface area contributed by atoms with Gasteiger partial charge in [0.1, 0.15) is 0 Å². The third-order valence-corrected chi connectivity index (χ3v) is 2.50. The van der Waals surface area contributed by atoms with E-state index >= 15 is 0 Å². The van der Waals surface area contributed by atoms with E-state index in [1.54, 1.807) is 0 Å². The Morgan fingerprint density at radius 2 is 2.13 bits per heavy atom. The summed E-state index contributed by atoms with van der Waals surface area (Å²) in [4.78, 5) is 21.1. The van der Waals surface area contributed by atoms with Gasteiger partial charge in [-0.3, -0.25) is 10.1 Å². The minimum Gasteiger partial charge on any atom is -0.478 e. The Hall–Kier alpha value is -1.91. The summed E-state index contributed by atoms with van der Waals surface area (Å²) >= 11 is 0. The lowest BCUT2D eigenvalue weighted by atomic mass is 10.0. The molecule has 0 heterocycles. The van der Waals surface area contributed by atoms with E-state index in [0.29, 0.717) is 5.56 Å². The second kappa shape index (κ2) is 3.34. The van der Waals surface area contributed by atoms with Crippen molar-refractivity contribution in [2.24, 2.45) is 0 Å². The second-order valence-corrected chi connectivity index (χ2v) is 3.57. The lowest BCUT2D eigenvalue weighted by Crippen LogP contribution is -2.04. The van der Waals surface area contributed by atoms with Crippen LogP contribution in [-0.4, -0.2) is 16.0 Å². The number of nitro groups is 1. The number of hydrogen-bond acceptors (Lipinski definition) is 3. The van der Waals surface area contributed by atoms with Crippen LogP contribution in [0.4, 0.5) is 5.69 Å². The molecule has 0 aromatic heterocycles. The predicted octanol–water partition coefficient (Wildman–Crippen LogP) is 2.17. The summed E-state index contributed by atoms with van der Waals surface area (Å²) in [7, 11) is 0. The van der Waals surface area contributed by atoms with Gasteiger partial charge in [0.25, 0.3) is 5.69 Å². The summed E-state index contributed by atoms with van der Waals surface area (Å²) in [6, 6.07) is 4.19. The van der Waals surface area contributed by atoms with Gasteiger partial charge in [-0.2, -0.15) is 0 Å². The Kier molecular flexibility index (Phi) is 2.15. The molecule has 1 fully saturated rings. The average Bonchev–Trinajstić information content (AvgIpc) is 2.99. The van der Waals surface area contributed by atoms with Crippen molar-refractivity contribution in [3.05, 3.63) is 39.4 Å². The lowest BCUT2D eigenvalue weighted by Gasteiger charge is -2.04. The van der Waals surface area contributed by atoms with Gasteiger partial charge in [0.05, 0.1) is 10.5 Å². The molecule has 0 bridgehead atoms. The third-order valence-electron chi connectivity index (χ3n) is 2.50. The van der Waals surface area contributed by atoms with Crippen LogP contribution in [-0.2, 0) is 0 Å². The Balaban J connectivity index is 2.60. The maximum absolute atomic E-state index is 10.9. The summed E-state index contributed by atoms with van der Waals surface area (Å²) in [6.07, 6.45) is 1.68. The number of benzene rings is 1. The molecule has 1 aromatic rings. The molecule has 1 N–H and O–H groups in total. The Morgan fingerprint density at radius 3 is 2.60 bits per heavy atom. The fourth-order valence-electron chi connectivity index (χ4n) is 1.70.